The van der Waals surface area contributed by atoms with Gasteiger partial charge in [-0.2, -0.15) is 0 Å². The molecule has 38 valence electrons. The Morgan fingerprint density at radius 1 is 1.71 bits per heavy atom. The van der Waals surface area contributed by atoms with Crippen molar-refractivity contribution in [2.45, 2.75) is 4.90 Å². The molecule has 0 fully saturated rings. The van der Waals surface area contributed by atoms with E-state index in [-0.39, 0.29) is 0 Å². The zero-order chi connectivity index (χ0) is 5.11. The number of thioether (sulfide) groups is 1. The van der Waals surface area contributed by atoms with Gasteiger partial charge in [0.05, 0.1) is 0 Å². The average Bonchev–Trinajstić information content (AvgIpc) is 2.14. The molecule has 0 unspecified atom stereocenters. The van der Waals surface area contributed by atoms with Crippen LogP contribution in [0, 0.1) is 0 Å². The molecule has 0 N–H and O–H groups in total. The Hall–Kier alpha value is 0.349. The molecule has 0 saturated heterocycles. The van der Waals surface area contributed by atoms with Crippen LogP contribution in [0.25, 0.3) is 0 Å². The Kier molecular flexibility index (Phi) is 2.04. The summed E-state index contributed by atoms with van der Waals surface area (Å²) in [6, 6.07) is 2.19. The van der Waals surface area contributed by atoms with Crippen molar-refractivity contribution in [2.24, 2.45) is 0 Å². The summed E-state index contributed by atoms with van der Waals surface area (Å²) >= 11 is 2.50. The minimum atomic E-state index is 0.679. The first-order chi connectivity index (χ1) is 3.43. The van der Waals surface area contributed by atoms with Gasteiger partial charge in [0.15, 0.2) is 0 Å². The first-order valence-corrected chi connectivity index (χ1v) is 5.20. The van der Waals surface area contributed by atoms with Crippen LogP contribution < -0.4 is 0 Å². The third-order valence-electron chi connectivity index (χ3n) is 0.731. The molecule has 0 aliphatic heterocycles. The topological polar surface area (TPSA) is 0 Å². The fourth-order valence-electron chi connectivity index (χ4n) is 0.368. The Morgan fingerprint density at radius 3 is 2.86 bits per heavy atom. The molecular formula is C5H6SSe. The van der Waals surface area contributed by atoms with Gasteiger partial charge in [-0.3, -0.25) is 0 Å². The van der Waals surface area contributed by atoms with Crippen LogP contribution in [0.15, 0.2) is 20.8 Å². The molecule has 0 amide bonds. The number of rotatable bonds is 1. The third kappa shape index (κ3) is 1.37. The van der Waals surface area contributed by atoms with E-state index in [1.165, 1.54) is 4.90 Å². The van der Waals surface area contributed by atoms with Crippen LogP contribution in [0.4, 0.5) is 0 Å². The molecule has 1 heterocycles. The maximum absolute atomic E-state index is 2.29. The van der Waals surface area contributed by atoms with Crippen LogP contribution in [-0.4, -0.2) is 20.8 Å². The van der Waals surface area contributed by atoms with Gasteiger partial charge in [0.25, 0.3) is 0 Å². The van der Waals surface area contributed by atoms with Crippen molar-refractivity contribution in [3.05, 3.63) is 15.9 Å². The van der Waals surface area contributed by atoms with Crippen LogP contribution >= 0.6 is 11.8 Å². The molecular weight excluding hydrogens is 171 g/mol. The Bertz CT molecular complexity index is 123. The third-order valence-corrected chi connectivity index (χ3v) is 3.23. The van der Waals surface area contributed by atoms with E-state index in [2.05, 4.69) is 22.2 Å². The Labute approximate surface area is 53.7 Å². The van der Waals surface area contributed by atoms with Gasteiger partial charge in [0.1, 0.15) is 0 Å². The first-order valence-electron chi connectivity index (χ1n) is 1.99. The van der Waals surface area contributed by atoms with E-state index >= 15 is 0 Å². The van der Waals surface area contributed by atoms with Gasteiger partial charge in [-0.1, -0.05) is 0 Å². The summed E-state index contributed by atoms with van der Waals surface area (Å²) in [5.41, 5.74) is 0. The Morgan fingerprint density at radius 2 is 2.57 bits per heavy atom. The molecule has 1 rings (SSSR count). The molecule has 0 aromatic carbocycles. The average molecular weight is 177 g/mol. The summed E-state index contributed by atoms with van der Waals surface area (Å²) in [5, 5.41) is 0. The van der Waals surface area contributed by atoms with Crippen LogP contribution in [0.1, 0.15) is 0 Å². The zero-order valence-corrected chi connectivity index (χ0v) is 6.58. The van der Waals surface area contributed by atoms with Crippen LogP contribution in [0.3, 0.4) is 0 Å². The SMILES string of the molecule is CSc1cc[se]c1. The van der Waals surface area contributed by atoms with Crippen molar-refractivity contribution >= 4 is 26.3 Å². The minimum absolute atomic E-state index is 0.679. The first kappa shape index (κ1) is 5.49. The molecule has 0 aliphatic carbocycles. The molecule has 0 aliphatic rings. The molecule has 2 heteroatoms. The molecule has 0 bridgehead atoms. The summed E-state index contributed by atoms with van der Waals surface area (Å²) in [7, 11) is 0. The predicted molar refractivity (Wildman–Crippen MR) is 35.2 cm³/mol. The summed E-state index contributed by atoms with van der Waals surface area (Å²) in [6.07, 6.45) is 2.11. The predicted octanol–water partition coefficient (Wildman–Crippen LogP) is 1.47. The second-order valence-corrected chi connectivity index (χ2v) is 3.68. The molecule has 1 aromatic heterocycles. The zero-order valence-electron chi connectivity index (χ0n) is 4.05. The maximum atomic E-state index is 2.29. The number of hydrogen-bond donors (Lipinski definition) is 0. The molecule has 0 atom stereocenters. The molecule has 0 saturated carbocycles. The van der Waals surface area contributed by atoms with E-state index in [9.17, 15) is 0 Å². The summed E-state index contributed by atoms with van der Waals surface area (Å²) in [5.74, 6) is 0. The summed E-state index contributed by atoms with van der Waals surface area (Å²) < 4.78 is 0. The van der Waals surface area contributed by atoms with Gasteiger partial charge >= 0.3 is 53.4 Å². The van der Waals surface area contributed by atoms with E-state index in [0.29, 0.717) is 14.5 Å². The van der Waals surface area contributed by atoms with Crippen molar-refractivity contribution in [3.8, 4) is 0 Å². The van der Waals surface area contributed by atoms with Gasteiger partial charge in [0.2, 0.25) is 0 Å². The van der Waals surface area contributed by atoms with Crippen LogP contribution in [0.5, 0.6) is 0 Å². The van der Waals surface area contributed by atoms with Gasteiger partial charge in [-0.15, -0.1) is 0 Å². The van der Waals surface area contributed by atoms with Gasteiger partial charge in [-0.05, 0) is 0 Å². The van der Waals surface area contributed by atoms with Gasteiger partial charge in [0, 0.05) is 0 Å². The quantitative estimate of drug-likeness (QED) is 0.462. The summed E-state index contributed by atoms with van der Waals surface area (Å²) in [4.78, 5) is 5.95. The monoisotopic (exact) mass is 178 g/mol. The number of hydrogen-bond acceptors (Lipinski definition) is 1. The van der Waals surface area contributed by atoms with Crippen LogP contribution in [-0.2, 0) is 0 Å². The fraction of sp³-hybridized carbons (Fsp3) is 0.200. The van der Waals surface area contributed by atoms with E-state index in [4.69, 9.17) is 0 Å². The van der Waals surface area contributed by atoms with E-state index in [1.54, 1.807) is 0 Å². The molecule has 1 aromatic rings. The van der Waals surface area contributed by atoms with Crippen molar-refractivity contribution in [2.75, 3.05) is 6.26 Å². The fourth-order valence-corrected chi connectivity index (χ4v) is 2.84. The molecule has 0 spiro atoms. The van der Waals surface area contributed by atoms with E-state index < -0.39 is 0 Å². The molecule has 0 radical (unpaired) electrons. The van der Waals surface area contributed by atoms with Gasteiger partial charge < -0.3 is 0 Å². The normalized spacial score (nSPS) is 9.29. The van der Waals surface area contributed by atoms with E-state index in [1.807, 2.05) is 11.8 Å². The summed E-state index contributed by atoms with van der Waals surface area (Å²) in [6.45, 7) is 0. The van der Waals surface area contributed by atoms with Crippen molar-refractivity contribution in [3.63, 3.8) is 0 Å². The van der Waals surface area contributed by atoms with Crippen molar-refractivity contribution in [1.82, 2.24) is 0 Å². The molecule has 7 heavy (non-hydrogen) atoms. The molecule has 0 nitrogen and oxygen atoms in total. The van der Waals surface area contributed by atoms with E-state index in [0.717, 1.165) is 0 Å². The second kappa shape index (κ2) is 2.61. The van der Waals surface area contributed by atoms with Crippen molar-refractivity contribution in [1.29, 1.82) is 0 Å². The van der Waals surface area contributed by atoms with Crippen molar-refractivity contribution < 1.29 is 0 Å². The van der Waals surface area contributed by atoms with Gasteiger partial charge in [-0.25, -0.2) is 0 Å². The Balaban J connectivity index is 2.76. The standard InChI is InChI=1S/C5H6SSe/c1-6-5-2-3-7-4-5/h2-4H,1H3. The van der Waals surface area contributed by atoms with Crippen LogP contribution in [0.2, 0.25) is 0 Å². The second-order valence-electron chi connectivity index (χ2n) is 1.16.